The summed E-state index contributed by atoms with van der Waals surface area (Å²) in [5, 5.41) is 18.7. The predicted octanol–water partition coefficient (Wildman–Crippen LogP) is 8.16. The first-order valence-corrected chi connectivity index (χ1v) is 12.1. The minimum atomic E-state index is -2.68. The van der Waals surface area contributed by atoms with Crippen LogP contribution < -0.4 is 0 Å². The Labute approximate surface area is 221 Å². The van der Waals surface area contributed by atoms with Crippen molar-refractivity contribution in [3.63, 3.8) is 0 Å². The Morgan fingerprint density at radius 3 is 1.46 bits per heavy atom. The second kappa shape index (κ2) is 9.96. The molecular weight excluding hydrogens is 559 g/mol. The van der Waals surface area contributed by atoms with E-state index >= 15 is 8.78 Å². The molecule has 2 aromatic carbocycles. The van der Waals surface area contributed by atoms with Gasteiger partial charge in [-0.1, -0.05) is 35.4 Å². The number of hydrogen-bond acceptors (Lipinski definition) is 5. The van der Waals surface area contributed by atoms with Crippen molar-refractivity contribution in [1.82, 2.24) is 0 Å². The van der Waals surface area contributed by atoms with Crippen molar-refractivity contribution in [1.29, 1.82) is 0 Å². The van der Waals surface area contributed by atoms with Crippen LogP contribution in [0, 0.1) is 20.2 Å². The minimum absolute atomic E-state index is 0.295. The van der Waals surface area contributed by atoms with E-state index in [4.69, 9.17) is 23.2 Å². The summed E-state index contributed by atoms with van der Waals surface area (Å²) in [4.78, 5) is 20.6. The Morgan fingerprint density at radius 1 is 0.757 bits per heavy atom. The second-order valence-corrected chi connectivity index (χ2v) is 10.2. The third-order valence-electron chi connectivity index (χ3n) is 5.83. The molecule has 2 aliphatic carbocycles. The van der Waals surface area contributed by atoms with Crippen LogP contribution in [0.2, 0.25) is 10.0 Å². The summed E-state index contributed by atoms with van der Waals surface area (Å²) in [5.41, 5.74) is -6.77. The Bertz CT molecular complexity index is 1330. The highest BCUT2D eigenvalue weighted by Gasteiger charge is 2.49. The first-order chi connectivity index (χ1) is 17.3. The lowest BCUT2D eigenvalue weighted by atomic mass is 9.87. The van der Waals surface area contributed by atoms with Crippen LogP contribution in [0.25, 0.3) is 0 Å². The van der Waals surface area contributed by atoms with E-state index in [0.717, 1.165) is 60.7 Å². The lowest BCUT2D eigenvalue weighted by Crippen LogP contribution is -2.39. The average molecular weight is 573 g/mol. The van der Waals surface area contributed by atoms with Gasteiger partial charge in [0.05, 0.1) is 30.4 Å². The fourth-order valence-corrected chi connectivity index (χ4v) is 6.15. The number of nitro groups is 2. The smallest absolute Gasteiger partial charge is 0.258 e. The molecule has 0 aliphatic heterocycles. The number of rotatable bonds is 6. The van der Waals surface area contributed by atoms with E-state index in [1.54, 1.807) is 0 Å². The molecule has 0 saturated carbocycles. The average Bonchev–Trinajstić information content (AvgIpc) is 2.81. The molecule has 0 heterocycles. The number of allylic oxidation sites excluding steroid dienone is 6. The van der Waals surface area contributed by atoms with Crippen LogP contribution in [-0.4, -0.2) is 20.3 Å². The lowest BCUT2D eigenvalue weighted by Gasteiger charge is -2.38. The summed E-state index contributed by atoms with van der Waals surface area (Å²) in [6.07, 6.45) is 5.46. The van der Waals surface area contributed by atoms with Crippen LogP contribution in [0.1, 0.15) is 11.1 Å². The van der Waals surface area contributed by atoms with Crippen molar-refractivity contribution >= 4 is 46.3 Å². The predicted molar refractivity (Wildman–Crippen MR) is 134 cm³/mol. The maximum Gasteiger partial charge on any atom is 0.270 e. The van der Waals surface area contributed by atoms with Crippen LogP contribution >= 0.6 is 35.0 Å². The maximum absolute atomic E-state index is 16.5. The van der Waals surface area contributed by atoms with E-state index in [1.807, 2.05) is 0 Å². The third kappa shape index (κ3) is 5.03. The molecule has 0 amide bonds. The zero-order valence-electron chi connectivity index (χ0n) is 18.3. The van der Waals surface area contributed by atoms with E-state index in [-0.39, 0.29) is 21.2 Å². The molecule has 0 bridgehead atoms. The van der Waals surface area contributed by atoms with Crippen LogP contribution in [0.4, 0.5) is 28.9 Å². The van der Waals surface area contributed by atoms with Gasteiger partial charge in [-0.25, -0.2) is 17.6 Å². The quantitative estimate of drug-likeness (QED) is 0.198. The maximum atomic E-state index is 16.5. The van der Waals surface area contributed by atoms with Gasteiger partial charge >= 0.3 is 0 Å². The molecule has 0 N–H and O–H groups in total. The third-order valence-corrected chi connectivity index (χ3v) is 8.04. The Morgan fingerprint density at radius 2 is 1.14 bits per heavy atom. The zero-order chi connectivity index (χ0) is 27.1. The Hall–Kier alpha value is -3.15. The van der Waals surface area contributed by atoms with Crippen molar-refractivity contribution < 1.29 is 27.4 Å². The van der Waals surface area contributed by atoms with Crippen LogP contribution in [-0.2, 0) is 11.3 Å². The number of halogens is 6. The molecule has 0 aromatic heterocycles. The number of nitrogens with zero attached hydrogens (tertiary/aromatic N) is 2. The number of nitro benzene ring substituents is 2. The molecule has 13 heteroatoms. The topological polar surface area (TPSA) is 86.3 Å². The molecule has 0 saturated heterocycles. The van der Waals surface area contributed by atoms with Crippen molar-refractivity contribution in [3.8, 4) is 0 Å². The van der Waals surface area contributed by atoms with E-state index in [1.165, 1.54) is 0 Å². The molecule has 0 fully saturated rings. The molecule has 0 radical (unpaired) electrons. The highest BCUT2D eigenvalue weighted by molar-refractivity contribution is 8.01. The van der Waals surface area contributed by atoms with Gasteiger partial charge in [-0.3, -0.25) is 20.2 Å². The van der Waals surface area contributed by atoms with Gasteiger partial charge in [0.1, 0.15) is 11.7 Å². The summed E-state index contributed by atoms with van der Waals surface area (Å²) in [6.45, 7) is 0. The zero-order valence-corrected chi connectivity index (χ0v) is 20.6. The fourth-order valence-electron chi connectivity index (χ4n) is 4.07. The summed E-state index contributed by atoms with van der Waals surface area (Å²) in [5.74, 6) is -1.91. The molecule has 4 atom stereocenters. The van der Waals surface area contributed by atoms with Crippen molar-refractivity contribution in [2.45, 2.75) is 21.8 Å². The van der Waals surface area contributed by atoms with Crippen LogP contribution in [0.3, 0.4) is 0 Å². The largest absolute Gasteiger partial charge is 0.270 e. The van der Waals surface area contributed by atoms with Crippen molar-refractivity contribution in [3.05, 3.63) is 126 Å². The Balaban J connectivity index is 1.76. The van der Waals surface area contributed by atoms with Gasteiger partial charge in [-0.05, 0) is 36.4 Å². The van der Waals surface area contributed by atoms with Gasteiger partial charge in [-0.15, -0.1) is 11.8 Å². The van der Waals surface area contributed by atoms with Crippen molar-refractivity contribution in [2.24, 2.45) is 0 Å². The van der Waals surface area contributed by atoms with Gasteiger partial charge in [-0.2, -0.15) is 0 Å². The first-order valence-electron chi connectivity index (χ1n) is 10.4. The molecule has 4 unspecified atom stereocenters. The minimum Gasteiger partial charge on any atom is -0.258 e. The first kappa shape index (κ1) is 26.9. The molecular formula is C24H14Cl2F4N2O4S. The second-order valence-electron chi connectivity index (χ2n) is 8.13. The van der Waals surface area contributed by atoms with E-state index < -0.39 is 54.7 Å². The molecule has 2 aliphatic rings. The molecule has 192 valence electrons. The number of alkyl halides is 2. The highest BCUT2D eigenvalue weighted by Crippen LogP contribution is 2.52. The summed E-state index contributed by atoms with van der Waals surface area (Å²) < 4.78 is 61.5. The van der Waals surface area contributed by atoms with Crippen molar-refractivity contribution in [2.75, 3.05) is 0 Å². The lowest BCUT2D eigenvalue weighted by molar-refractivity contribution is -0.385. The summed E-state index contributed by atoms with van der Waals surface area (Å²) in [6, 6.07) is 5.93. The Kier molecular flexibility index (Phi) is 7.24. The molecule has 2 aromatic rings. The summed E-state index contributed by atoms with van der Waals surface area (Å²) >= 11 is 12.9. The number of thioether (sulfide) groups is 1. The molecule has 0 spiro atoms. The van der Waals surface area contributed by atoms with Gasteiger partial charge in [0.15, 0.2) is 11.3 Å². The molecule has 4 rings (SSSR count). The normalized spacial score (nSPS) is 27.0. The number of benzene rings is 2. The van der Waals surface area contributed by atoms with Gasteiger partial charge in [0.2, 0.25) is 0 Å². The number of hydrogen-bond donors (Lipinski definition) is 0. The van der Waals surface area contributed by atoms with Gasteiger partial charge in [0.25, 0.3) is 11.4 Å². The van der Waals surface area contributed by atoms with Gasteiger partial charge < -0.3 is 0 Å². The SMILES string of the molecule is O=[N+]([O-])c1ccc(C2(F)C=C(F)C=CC2SC2C=CC(F)=CC2(F)c2ccc([N+](=O)[O-])cc2Cl)c(Cl)c1. The highest BCUT2D eigenvalue weighted by atomic mass is 35.5. The number of non-ortho nitro benzene ring substituents is 2. The monoisotopic (exact) mass is 572 g/mol. The molecule has 6 nitrogen and oxygen atoms in total. The van der Waals surface area contributed by atoms with E-state index in [9.17, 15) is 29.0 Å². The fraction of sp³-hybridized carbons (Fsp3) is 0.167. The van der Waals surface area contributed by atoms with Gasteiger partial charge in [0, 0.05) is 35.4 Å². The molecule has 37 heavy (non-hydrogen) atoms. The van der Waals surface area contributed by atoms with Crippen LogP contribution in [0.15, 0.2) is 84.5 Å². The van der Waals surface area contributed by atoms with E-state index in [2.05, 4.69) is 0 Å². The van der Waals surface area contributed by atoms with Crippen LogP contribution in [0.5, 0.6) is 0 Å². The summed E-state index contributed by atoms with van der Waals surface area (Å²) in [7, 11) is 0. The van der Waals surface area contributed by atoms with E-state index in [0.29, 0.717) is 23.9 Å². The standard InChI is InChI=1S/C24H14Cl2F4N2O4S/c25-19-9-15(31(33)34)3-5-17(19)23(29)11-13(27)1-7-21(23)37-22-8-2-14(28)12-24(22,30)18-6-4-16(32(35)36)10-20(18)26/h1-12,21-22H.